The van der Waals surface area contributed by atoms with Crippen LogP contribution in [0.25, 0.3) is 0 Å². The second-order valence-electron chi connectivity index (χ2n) is 5.34. The molecule has 0 bridgehead atoms. The largest absolute Gasteiger partial charge is 0.411 e. The van der Waals surface area contributed by atoms with Gasteiger partial charge in [0.1, 0.15) is 12.4 Å². The first-order chi connectivity index (χ1) is 9.98. The molecule has 1 unspecified atom stereocenters. The molecule has 0 amide bonds. The lowest BCUT2D eigenvalue weighted by Gasteiger charge is -2.23. The Balaban J connectivity index is 1.84. The number of rotatable bonds is 6. The van der Waals surface area contributed by atoms with E-state index in [1.165, 1.54) is 0 Å². The SMILES string of the molecule is CNCC1CCc2nc(CCOCC(F)(F)F)ncc2C1. The molecule has 0 saturated carbocycles. The summed E-state index contributed by atoms with van der Waals surface area (Å²) in [5.41, 5.74) is 2.18. The maximum atomic E-state index is 11.9. The van der Waals surface area contributed by atoms with E-state index in [0.717, 1.165) is 37.1 Å². The third-order valence-electron chi connectivity index (χ3n) is 3.53. The average molecular weight is 303 g/mol. The summed E-state index contributed by atoms with van der Waals surface area (Å²) in [6, 6.07) is 0. The van der Waals surface area contributed by atoms with Gasteiger partial charge >= 0.3 is 6.18 Å². The topological polar surface area (TPSA) is 47.0 Å². The summed E-state index contributed by atoms with van der Waals surface area (Å²) >= 11 is 0. The summed E-state index contributed by atoms with van der Waals surface area (Å²) in [4.78, 5) is 8.68. The fraction of sp³-hybridized carbons (Fsp3) is 0.714. The summed E-state index contributed by atoms with van der Waals surface area (Å²) in [6.45, 7) is -0.253. The zero-order valence-corrected chi connectivity index (χ0v) is 12.0. The number of hydrogen-bond donors (Lipinski definition) is 1. The maximum Gasteiger partial charge on any atom is 0.411 e. The van der Waals surface area contributed by atoms with Gasteiger partial charge < -0.3 is 10.1 Å². The van der Waals surface area contributed by atoms with Crippen LogP contribution in [0, 0.1) is 5.92 Å². The highest BCUT2D eigenvalue weighted by Gasteiger charge is 2.27. The van der Waals surface area contributed by atoms with Crippen LogP contribution in [-0.2, 0) is 24.0 Å². The van der Waals surface area contributed by atoms with Crippen molar-refractivity contribution in [3.05, 3.63) is 23.3 Å². The lowest BCUT2D eigenvalue weighted by Crippen LogP contribution is -2.26. The first-order valence-corrected chi connectivity index (χ1v) is 7.10. The first kappa shape index (κ1) is 16.2. The van der Waals surface area contributed by atoms with Crippen molar-refractivity contribution in [3.8, 4) is 0 Å². The summed E-state index contributed by atoms with van der Waals surface area (Å²) in [6.07, 6.45) is 0.780. The summed E-state index contributed by atoms with van der Waals surface area (Å²) in [5, 5.41) is 3.18. The molecule has 1 N–H and O–H groups in total. The fourth-order valence-electron chi connectivity index (χ4n) is 2.56. The lowest BCUT2D eigenvalue weighted by molar-refractivity contribution is -0.173. The highest BCUT2D eigenvalue weighted by Crippen LogP contribution is 2.23. The Labute approximate surface area is 122 Å². The van der Waals surface area contributed by atoms with E-state index in [-0.39, 0.29) is 6.61 Å². The van der Waals surface area contributed by atoms with Gasteiger partial charge in [-0.25, -0.2) is 9.97 Å². The van der Waals surface area contributed by atoms with Gasteiger partial charge in [-0.3, -0.25) is 0 Å². The lowest BCUT2D eigenvalue weighted by atomic mass is 9.87. The van der Waals surface area contributed by atoms with Crippen molar-refractivity contribution in [2.24, 2.45) is 5.92 Å². The molecule has 0 fully saturated rings. The van der Waals surface area contributed by atoms with E-state index in [2.05, 4.69) is 20.0 Å². The molecule has 1 aliphatic carbocycles. The smallest absolute Gasteiger partial charge is 0.372 e. The van der Waals surface area contributed by atoms with Crippen LogP contribution in [0.3, 0.4) is 0 Å². The van der Waals surface area contributed by atoms with E-state index >= 15 is 0 Å². The van der Waals surface area contributed by atoms with Crippen LogP contribution in [0.5, 0.6) is 0 Å². The van der Waals surface area contributed by atoms with Crippen molar-refractivity contribution >= 4 is 0 Å². The Bertz CT molecular complexity index is 465. The Morgan fingerprint density at radius 1 is 1.43 bits per heavy atom. The van der Waals surface area contributed by atoms with Crippen LogP contribution in [0.2, 0.25) is 0 Å². The summed E-state index contributed by atoms with van der Waals surface area (Å²) in [7, 11) is 1.94. The minimum Gasteiger partial charge on any atom is -0.372 e. The van der Waals surface area contributed by atoms with Gasteiger partial charge in [-0.15, -0.1) is 0 Å². The predicted molar refractivity (Wildman–Crippen MR) is 72.1 cm³/mol. The van der Waals surface area contributed by atoms with Crippen LogP contribution < -0.4 is 5.32 Å². The number of nitrogens with one attached hydrogen (secondary N) is 1. The molecule has 0 radical (unpaired) electrons. The number of hydrogen-bond acceptors (Lipinski definition) is 4. The molecule has 4 nitrogen and oxygen atoms in total. The van der Waals surface area contributed by atoms with E-state index in [4.69, 9.17) is 0 Å². The van der Waals surface area contributed by atoms with Gasteiger partial charge in [0.15, 0.2) is 0 Å². The minimum atomic E-state index is -4.28. The third kappa shape index (κ3) is 5.24. The molecule has 0 aromatic carbocycles. The molecule has 0 aliphatic heterocycles. The molecule has 1 aromatic rings. The van der Waals surface area contributed by atoms with Gasteiger partial charge in [0.25, 0.3) is 0 Å². The van der Waals surface area contributed by atoms with Crippen LogP contribution in [0.15, 0.2) is 6.20 Å². The molecule has 1 atom stereocenters. The number of aromatic nitrogens is 2. The molecule has 118 valence electrons. The molecule has 0 saturated heterocycles. The normalized spacial score (nSPS) is 18.6. The summed E-state index contributed by atoms with van der Waals surface area (Å²) < 4.78 is 40.4. The molecular formula is C14H20F3N3O. The molecule has 1 aromatic heterocycles. The second-order valence-corrected chi connectivity index (χ2v) is 5.34. The minimum absolute atomic E-state index is 0.0132. The van der Waals surface area contributed by atoms with Crippen molar-refractivity contribution in [2.75, 3.05) is 26.8 Å². The zero-order valence-electron chi connectivity index (χ0n) is 12.0. The molecule has 2 rings (SSSR count). The molecule has 1 aliphatic rings. The van der Waals surface area contributed by atoms with Crippen LogP contribution in [0.1, 0.15) is 23.5 Å². The van der Waals surface area contributed by atoms with Gasteiger partial charge in [0.2, 0.25) is 0 Å². The standard InChI is InChI=1S/C14H20F3N3O/c1-18-7-10-2-3-12-11(6-10)8-19-13(20-12)4-5-21-9-14(15,16)17/h8,10,18H,2-7,9H2,1H3. The number of fused-ring (bicyclic) bond motifs is 1. The quantitative estimate of drug-likeness (QED) is 0.816. The van der Waals surface area contributed by atoms with Crippen LogP contribution in [-0.4, -0.2) is 43.0 Å². The molecule has 1 heterocycles. The zero-order chi connectivity index (χ0) is 15.3. The molecule has 21 heavy (non-hydrogen) atoms. The number of aryl methyl sites for hydroxylation is 1. The van der Waals surface area contributed by atoms with Gasteiger partial charge in [0.05, 0.1) is 6.61 Å². The maximum absolute atomic E-state index is 11.9. The summed E-state index contributed by atoms with van der Waals surface area (Å²) in [5.74, 6) is 1.16. The number of ether oxygens (including phenoxy) is 1. The fourth-order valence-corrected chi connectivity index (χ4v) is 2.56. The Kier molecular flexibility index (Phi) is 5.52. The number of nitrogens with zero attached hydrogens (tertiary/aromatic N) is 2. The van der Waals surface area contributed by atoms with Gasteiger partial charge in [-0.2, -0.15) is 13.2 Å². The Morgan fingerprint density at radius 3 is 2.95 bits per heavy atom. The van der Waals surface area contributed by atoms with E-state index in [9.17, 15) is 13.2 Å². The van der Waals surface area contributed by atoms with E-state index in [1.807, 2.05) is 13.2 Å². The van der Waals surface area contributed by atoms with Crippen molar-refractivity contribution in [2.45, 2.75) is 31.9 Å². The molecular weight excluding hydrogens is 283 g/mol. The van der Waals surface area contributed by atoms with Crippen molar-refractivity contribution in [1.29, 1.82) is 0 Å². The highest BCUT2D eigenvalue weighted by atomic mass is 19.4. The third-order valence-corrected chi connectivity index (χ3v) is 3.53. The van der Waals surface area contributed by atoms with Crippen molar-refractivity contribution in [3.63, 3.8) is 0 Å². The molecule has 7 heteroatoms. The van der Waals surface area contributed by atoms with Gasteiger partial charge in [0, 0.05) is 18.3 Å². The molecule has 0 spiro atoms. The van der Waals surface area contributed by atoms with Crippen LogP contribution >= 0.6 is 0 Å². The Morgan fingerprint density at radius 2 is 2.24 bits per heavy atom. The number of halogens is 3. The monoisotopic (exact) mass is 303 g/mol. The van der Waals surface area contributed by atoms with Gasteiger partial charge in [-0.05, 0) is 44.3 Å². The van der Waals surface area contributed by atoms with Crippen molar-refractivity contribution in [1.82, 2.24) is 15.3 Å². The first-order valence-electron chi connectivity index (χ1n) is 7.10. The second kappa shape index (κ2) is 7.17. The van der Waals surface area contributed by atoms with Crippen molar-refractivity contribution < 1.29 is 17.9 Å². The average Bonchev–Trinajstić information content (AvgIpc) is 2.43. The predicted octanol–water partition coefficient (Wildman–Crippen LogP) is 1.92. The van der Waals surface area contributed by atoms with E-state index in [0.29, 0.717) is 18.2 Å². The Hall–Kier alpha value is -1.21. The number of alkyl halides is 3. The van der Waals surface area contributed by atoms with Crippen LogP contribution in [0.4, 0.5) is 13.2 Å². The van der Waals surface area contributed by atoms with E-state index < -0.39 is 12.8 Å². The van der Waals surface area contributed by atoms with E-state index in [1.54, 1.807) is 0 Å². The highest BCUT2D eigenvalue weighted by molar-refractivity contribution is 5.21. The van der Waals surface area contributed by atoms with Gasteiger partial charge in [-0.1, -0.05) is 0 Å².